The van der Waals surface area contributed by atoms with E-state index in [1.807, 2.05) is 25.2 Å². The summed E-state index contributed by atoms with van der Waals surface area (Å²) < 4.78 is 15.9. The van der Waals surface area contributed by atoms with Gasteiger partial charge in [0.05, 0.1) is 31.2 Å². The zero-order valence-corrected chi connectivity index (χ0v) is 13.0. The van der Waals surface area contributed by atoms with Gasteiger partial charge in [-0.15, -0.1) is 0 Å². The van der Waals surface area contributed by atoms with Crippen LogP contribution >= 0.6 is 0 Å². The molecule has 0 spiro atoms. The molecule has 0 saturated heterocycles. The number of ether oxygens (including phenoxy) is 1. The van der Waals surface area contributed by atoms with Gasteiger partial charge in [0.2, 0.25) is 11.7 Å². The second kappa shape index (κ2) is 7.17. The number of nitrogens with zero attached hydrogens (tertiary/aromatic N) is 4. The predicted octanol–water partition coefficient (Wildman–Crippen LogP) is 2.54. The molecule has 3 aromatic rings. The van der Waals surface area contributed by atoms with Crippen molar-refractivity contribution in [3.05, 3.63) is 54.4 Å². The van der Waals surface area contributed by atoms with E-state index in [4.69, 9.17) is 13.7 Å². The molecule has 0 aromatic carbocycles. The SMILES string of the molecule is COCC(c1ccccn1)N(C)Cc1nc(-c2ccco2)no1. The third-order valence-electron chi connectivity index (χ3n) is 3.48. The van der Waals surface area contributed by atoms with E-state index in [2.05, 4.69) is 20.0 Å². The Morgan fingerprint density at radius 1 is 1.26 bits per heavy atom. The zero-order valence-electron chi connectivity index (χ0n) is 13.0. The van der Waals surface area contributed by atoms with Crippen LogP contribution in [0.3, 0.4) is 0 Å². The summed E-state index contributed by atoms with van der Waals surface area (Å²) in [6.07, 6.45) is 3.35. The molecular formula is C16H18N4O3. The van der Waals surface area contributed by atoms with Crippen molar-refractivity contribution in [2.75, 3.05) is 20.8 Å². The first-order valence-electron chi connectivity index (χ1n) is 7.24. The van der Waals surface area contributed by atoms with E-state index in [0.717, 1.165) is 5.69 Å². The number of hydrogen-bond donors (Lipinski definition) is 0. The molecule has 3 rings (SSSR count). The molecule has 120 valence electrons. The highest BCUT2D eigenvalue weighted by Gasteiger charge is 2.21. The summed E-state index contributed by atoms with van der Waals surface area (Å²) in [6, 6.07) is 9.40. The van der Waals surface area contributed by atoms with Gasteiger partial charge in [0.1, 0.15) is 0 Å². The Morgan fingerprint density at radius 3 is 2.87 bits per heavy atom. The van der Waals surface area contributed by atoms with Crippen molar-refractivity contribution in [3.63, 3.8) is 0 Å². The fourth-order valence-electron chi connectivity index (χ4n) is 2.32. The van der Waals surface area contributed by atoms with Crippen molar-refractivity contribution in [2.24, 2.45) is 0 Å². The minimum Gasteiger partial charge on any atom is -0.461 e. The molecule has 23 heavy (non-hydrogen) atoms. The van der Waals surface area contributed by atoms with Crippen LogP contribution in [0.25, 0.3) is 11.6 Å². The Bertz CT molecular complexity index is 712. The van der Waals surface area contributed by atoms with Gasteiger partial charge in [0.25, 0.3) is 0 Å². The van der Waals surface area contributed by atoms with E-state index < -0.39 is 0 Å². The normalized spacial score (nSPS) is 12.7. The molecule has 1 unspecified atom stereocenters. The van der Waals surface area contributed by atoms with Crippen LogP contribution in [0.5, 0.6) is 0 Å². The maximum absolute atomic E-state index is 5.32. The molecule has 3 aromatic heterocycles. The van der Waals surface area contributed by atoms with E-state index in [1.54, 1.807) is 31.7 Å². The molecule has 0 fully saturated rings. The largest absolute Gasteiger partial charge is 0.461 e. The van der Waals surface area contributed by atoms with Crippen LogP contribution in [0.4, 0.5) is 0 Å². The number of methoxy groups -OCH3 is 1. The molecule has 0 aliphatic carbocycles. The highest BCUT2D eigenvalue weighted by Crippen LogP contribution is 2.21. The quantitative estimate of drug-likeness (QED) is 0.663. The highest BCUT2D eigenvalue weighted by molar-refractivity contribution is 5.44. The Labute approximate surface area is 133 Å². The van der Waals surface area contributed by atoms with Gasteiger partial charge in [0, 0.05) is 13.3 Å². The molecule has 0 saturated carbocycles. The Kier molecular flexibility index (Phi) is 4.80. The molecule has 0 bridgehead atoms. The molecular weight excluding hydrogens is 296 g/mol. The summed E-state index contributed by atoms with van der Waals surface area (Å²) in [5, 5.41) is 3.94. The van der Waals surface area contributed by atoms with Crippen LogP contribution in [-0.2, 0) is 11.3 Å². The number of pyridine rings is 1. The van der Waals surface area contributed by atoms with E-state index in [0.29, 0.717) is 30.6 Å². The fourth-order valence-corrected chi connectivity index (χ4v) is 2.32. The maximum atomic E-state index is 5.32. The number of aromatic nitrogens is 3. The van der Waals surface area contributed by atoms with Gasteiger partial charge in [-0.1, -0.05) is 11.2 Å². The lowest BCUT2D eigenvalue weighted by molar-refractivity contribution is 0.0932. The van der Waals surface area contributed by atoms with Crippen LogP contribution in [0, 0.1) is 0 Å². The monoisotopic (exact) mass is 314 g/mol. The van der Waals surface area contributed by atoms with Gasteiger partial charge in [-0.25, -0.2) is 0 Å². The number of hydrogen-bond acceptors (Lipinski definition) is 7. The highest BCUT2D eigenvalue weighted by atomic mass is 16.5. The minimum absolute atomic E-state index is 0.000151. The lowest BCUT2D eigenvalue weighted by Gasteiger charge is -2.25. The van der Waals surface area contributed by atoms with Crippen LogP contribution in [0.2, 0.25) is 0 Å². The first-order valence-corrected chi connectivity index (χ1v) is 7.24. The van der Waals surface area contributed by atoms with Gasteiger partial charge in [-0.05, 0) is 31.3 Å². The smallest absolute Gasteiger partial charge is 0.241 e. The topological polar surface area (TPSA) is 77.4 Å². The van der Waals surface area contributed by atoms with Crippen molar-refractivity contribution >= 4 is 0 Å². The number of furan rings is 1. The second-order valence-corrected chi connectivity index (χ2v) is 5.13. The van der Waals surface area contributed by atoms with Crippen molar-refractivity contribution < 1.29 is 13.7 Å². The fraction of sp³-hybridized carbons (Fsp3) is 0.312. The van der Waals surface area contributed by atoms with Crippen molar-refractivity contribution in [2.45, 2.75) is 12.6 Å². The Hall–Kier alpha value is -2.51. The standard InChI is InChI=1S/C16H18N4O3/c1-20(13(11-21-2)12-6-3-4-8-17-12)10-15-18-16(19-23-15)14-7-5-9-22-14/h3-9,13H,10-11H2,1-2H3. The van der Waals surface area contributed by atoms with Gasteiger partial charge in [-0.2, -0.15) is 4.98 Å². The molecule has 0 aliphatic rings. The van der Waals surface area contributed by atoms with E-state index in [9.17, 15) is 0 Å². The van der Waals surface area contributed by atoms with Crippen LogP contribution in [0.15, 0.2) is 51.7 Å². The molecule has 0 N–H and O–H groups in total. The lowest BCUT2D eigenvalue weighted by Crippen LogP contribution is -2.28. The summed E-state index contributed by atoms with van der Waals surface area (Å²) in [6.45, 7) is 1.00. The van der Waals surface area contributed by atoms with Crippen LogP contribution in [-0.4, -0.2) is 40.8 Å². The van der Waals surface area contributed by atoms with Crippen molar-refractivity contribution in [1.82, 2.24) is 20.0 Å². The summed E-state index contributed by atoms with van der Waals surface area (Å²) in [7, 11) is 3.64. The minimum atomic E-state index is 0.000151. The molecule has 0 amide bonds. The molecule has 3 heterocycles. The van der Waals surface area contributed by atoms with Crippen molar-refractivity contribution in [1.29, 1.82) is 0 Å². The second-order valence-electron chi connectivity index (χ2n) is 5.13. The van der Waals surface area contributed by atoms with Crippen molar-refractivity contribution in [3.8, 4) is 11.6 Å². The lowest BCUT2D eigenvalue weighted by atomic mass is 10.1. The Morgan fingerprint density at radius 2 is 2.17 bits per heavy atom. The van der Waals surface area contributed by atoms with E-state index >= 15 is 0 Å². The van der Waals surface area contributed by atoms with Gasteiger partial charge >= 0.3 is 0 Å². The summed E-state index contributed by atoms with van der Waals surface area (Å²) >= 11 is 0. The first-order chi connectivity index (χ1) is 11.3. The molecule has 1 atom stereocenters. The third-order valence-corrected chi connectivity index (χ3v) is 3.48. The zero-order chi connectivity index (χ0) is 16.1. The number of rotatable bonds is 7. The summed E-state index contributed by atoms with van der Waals surface area (Å²) in [4.78, 5) is 10.8. The molecule has 0 aliphatic heterocycles. The Balaban J connectivity index is 1.73. The third kappa shape index (κ3) is 3.64. The maximum Gasteiger partial charge on any atom is 0.241 e. The van der Waals surface area contributed by atoms with Crippen LogP contribution in [0.1, 0.15) is 17.6 Å². The summed E-state index contributed by atoms with van der Waals surface area (Å²) in [5.41, 5.74) is 0.933. The molecule has 0 radical (unpaired) electrons. The summed E-state index contributed by atoms with van der Waals surface area (Å²) in [5.74, 6) is 1.54. The predicted molar refractivity (Wildman–Crippen MR) is 82.3 cm³/mol. The van der Waals surface area contributed by atoms with Gasteiger partial charge in [0.15, 0.2) is 5.76 Å². The average molecular weight is 314 g/mol. The van der Waals surface area contributed by atoms with E-state index in [-0.39, 0.29) is 6.04 Å². The van der Waals surface area contributed by atoms with E-state index in [1.165, 1.54) is 0 Å². The number of likely N-dealkylation sites (N-methyl/N-ethyl adjacent to an activating group) is 1. The van der Waals surface area contributed by atoms with Gasteiger partial charge in [-0.3, -0.25) is 9.88 Å². The van der Waals surface area contributed by atoms with Gasteiger partial charge < -0.3 is 13.7 Å². The average Bonchev–Trinajstić information content (AvgIpc) is 3.24. The first kappa shape index (κ1) is 15.4. The molecule has 7 heteroatoms. The van der Waals surface area contributed by atoms with Crippen LogP contribution < -0.4 is 0 Å². The molecule has 7 nitrogen and oxygen atoms in total.